The Morgan fingerprint density at radius 1 is 1.21 bits per heavy atom. The summed E-state index contributed by atoms with van der Waals surface area (Å²) >= 11 is 0. The predicted molar refractivity (Wildman–Crippen MR) is 96.8 cm³/mol. The van der Waals surface area contributed by atoms with Gasteiger partial charge in [0.25, 0.3) is 0 Å². The maximum absolute atomic E-state index is 12.0. The van der Waals surface area contributed by atoms with Crippen LogP contribution in [0.2, 0.25) is 0 Å². The first-order valence-electron chi connectivity index (χ1n) is 8.91. The lowest BCUT2D eigenvalue weighted by molar-refractivity contribution is -0.122. The minimum absolute atomic E-state index is 0.0658. The molecule has 1 heterocycles. The van der Waals surface area contributed by atoms with Gasteiger partial charge in [0, 0.05) is 33.4 Å². The standard InChI is InChI=1S/C19H31N3O2/c1-21(10-5-13-24-2)16-19(23)20-14-17-6-8-18(9-7-17)15-22-11-3-4-12-22/h6-9H,3-5,10-16H2,1-2H3,(H,20,23). The number of methoxy groups -OCH3 is 1. The molecule has 1 aromatic carbocycles. The molecule has 0 aliphatic carbocycles. The molecule has 0 saturated carbocycles. The maximum Gasteiger partial charge on any atom is 0.234 e. The first kappa shape index (κ1) is 18.9. The molecule has 2 rings (SSSR count). The van der Waals surface area contributed by atoms with E-state index >= 15 is 0 Å². The monoisotopic (exact) mass is 333 g/mol. The number of likely N-dealkylation sites (tertiary alicyclic amines) is 1. The summed E-state index contributed by atoms with van der Waals surface area (Å²) < 4.78 is 5.02. The number of nitrogens with one attached hydrogen (secondary N) is 1. The van der Waals surface area contributed by atoms with Gasteiger partial charge in [-0.1, -0.05) is 24.3 Å². The van der Waals surface area contributed by atoms with Gasteiger partial charge in [-0.25, -0.2) is 0 Å². The molecule has 0 aromatic heterocycles. The lowest BCUT2D eigenvalue weighted by Gasteiger charge is -2.16. The summed E-state index contributed by atoms with van der Waals surface area (Å²) in [4.78, 5) is 16.5. The third-order valence-corrected chi connectivity index (χ3v) is 4.42. The highest BCUT2D eigenvalue weighted by atomic mass is 16.5. The van der Waals surface area contributed by atoms with Crippen molar-refractivity contribution in [2.75, 3.05) is 46.9 Å². The van der Waals surface area contributed by atoms with Gasteiger partial charge >= 0.3 is 0 Å². The lowest BCUT2D eigenvalue weighted by Crippen LogP contribution is -2.35. The number of carbonyl (C=O) groups is 1. The SMILES string of the molecule is COCCCN(C)CC(=O)NCc1ccc(CN2CCCC2)cc1. The summed E-state index contributed by atoms with van der Waals surface area (Å²) in [6.07, 6.45) is 3.59. The molecule has 1 N–H and O–H groups in total. The van der Waals surface area contributed by atoms with Crippen LogP contribution in [-0.2, 0) is 22.6 Å². The molecule has 0 unspecified atom stereocenters. The fourth-order valence-corrected chi connectivity index (χ4v) is 3.02. The second-order valence-electron chi connectivity index (χ2n) is 6.66. The van der Waals surface area contributed by atoms with Gasteiger partial charge in [-0.2, -0.15) is 0 Å². The van der Waals surface area contributed by atoms with E-state index in [-0.39, 0.29) is 5.91 Å². The number of likely N-dealkylation sites (N-methyl/N-ethyl adjacent to an activating group) is 1. The Balaban J connectivity index is 1.66. The van der Waals surface area contributed by atoms with Gasteiger partial charge in [0.05, 0.1) is 6.54 Å². The molecular weight excluding hydrogens is 302 g/mol. The molecule has 1 saturated heterocycles. The Labute approximate surface area is 146 Å². The molecule has 0 radical (unpaired) electrons. The molecule has 0 bridgehead atoms. The molecule has 5 heteroatoms. The summed E-state index contributed by atoms with van der Waals surface area (Å²) in [5.41, 5.74) is 2.50. The number of ether oxygens (including phenoxy) is 1. The van der Waals surface area contributed by atoms with E-state index in [1.54, 1.807) is 7.11 Å². The average Bonchev–Trinajstić information content (AvgIpc) is 3.07. The number of carbonyl (C=O) groups excluding carboxylic acids is 1. The molecule has 1 aliphatic heterocycles. The Hall–Kier alpha value is -1.43. The van der Waals surface area contributed by atoms with Gasteiger partial charge in [-0.05, 0) is 50.5 Å². The van der Waals surface area contributed by atoms with Gasteiger partial charge in [-0.15, -0.1) is 0 Å². The first-order chi connectivity index (χ1) is 11.7. The van der Waals surface area contributed by atoms with Crippen LogP contribution in [-0.4, -0.2) is 62.7 Å². The van der Waals surface area contributed by atoms with Gasteiger partial charge in [0.1, 0.15) is 0 Å². The van der Waals surface area contributed by atoms with Crippen LogP contribution in [0, 0.1) is 0 Å². The zero-order valence-corrected chi connectivity index (χ0v) is 15.1. The summed E-state index contributed by atoms with van der Waals surface area (Å²) in [7, 11) is 3.66. The fourth-order valence-electron chi connectivity index (χ4n) is 3.02. The van der Waals surface area contributed by atoms with E-state index in [1.807, 2.05) is 11.9 Å². The van der Waals surface area contributed by atoms with Crippen LogP contribution in [0.3, 0.4) is 0 Å². The molecule has 5 nitrogen and oxygen atoms in total. The molecule has 0 spiro atoms. The smallest absolute Gasteiger partial charge is 0.234 e. The van der Waals surface area contributed by atoms with Crippen LogP contribution in [0.25, 0.3) is 0 Å². The van der Waals surface area contributed by atoms with Gasteiger partial charge in [-0.3, -0.25) is 14.6 Å². The summed E-state index contributed by atoms with van der Waals surface area (Å²) in [6, 6.07) is 8.59. The third-order valence-electron chi connectivity index (χ3n) is 4.42. The van der Waals surface area contributed by atoms with Crippen molar-refractivity contribution < 1.29 is 9.53 Å². The van der Waals surface area contributed by atoms with Gasteiger partial charge in [0.15, 0.2) is 0 Å². The highest BCUT2D eigenvalue weighted by Crippen LogP contribution is 2.13. The molecule has 134 valence electrons. The zero-order chi connectivity index (χ0) is 17.2. The van der Waals surface area contributed by atoms with Gasteiger partial charge < -0.3 is 10.1 Å². The van der Waals surface area contributed by atoms with Crippen LogP contribution in [0.5, 0.6) is 0 Å². The molecule has 1 amide bonds. The highest BCUT2D eigenvalue weighted by Gasteiger charge is 2.11. The van der Waals surface area contributed by atoms with Crippen molar-refractivity contribution in [3.05, 3.63) is 35.4 Å². The molecule has 24 heavy (non-hydrogen) atoms. The highest BCUT2D eigenvalue weighted by molar-refractivity contribution is 5.77. The van der Waals surface area contributed by atoms with Crippen molar-refractivity contribution in [1.82, 2.24) is 15.1 Å². The van der Waals surface area contributed by atoms with Crippen LogP contribution in [0.15, 0.2) is 24.3 Å². The number of hydrogen-bond donors (Lipinski definition) is 1. The lowest BCUT2D eigenvalue weighted by atomic mass is 10.1. The summed E-state index contributed by atoms with van der Waals surface area (Å²) in [5.74, 6) is 0.0658. The molecule has 1 fully saturated rings. The number of nitrogens with zero attached hydrogens (tertiary/aromatic N) is 2. The van der Waals surface area contributed by atoms with E-state index in [0.717, 1.165) is 31.7 Å². The van der Waals surface area contributed by atoms with Crippen molar-refractivity contribution in [2.24, 2.45) is 0 Å². The van der Waals surface area contributed by atoms with E-state index in [1.165, 1.54) is 31.5 Å². The van der Waals surface area contributed by atoms with E-state index in [4.69, 9.17) is 4.74 Å². The average molecular weight is 333 g/mol. The largest absolute Gasteiger partial charge is 0.385 e. The summed E-state index contributed by atoms with van der Waals surface area (Å²) in [5, 5.41) is 2.99. The van der Waals surface area contributed by atoms with Crippen molar-refractivity contribution in [1.29, 1.82) is 0 Å². The van der Waals surface area contributed by atoms with Crippen LogP contribution in [0.4, 0.5) is 0 Å². The van der Waals surface area contributed by atoms with Crippen molar-refractivity contribution in [2.45, 2.75) is 32.4 Å². The molecule has 0 atom stereocenters. The van der Waals surface area contributed by atoms with Crippen molar-refractivity contribution >= 4 is 5.91 Å². The maximum atomic E-state index is 12.0. The number of benzene rings is 1. The Bertz CT molecular complexity index is 484. The molecule has 1 aliphatic rings. The van der Waals surface area contributed by atoms with Crippen molar-refractivity contribution in [3.63, 3.8) is 0 Å². The zero-order valence-electron chi connectivity index (χ0n) is 15.1. The number of rotatable bonds is 10. The normalized spacial score (nSPS) is 15.1. The van der Waals surface area contributed by atoms with Gasteiger partial charge in [0.2, 0.25) is 5.91 Å². The molecule has 1 aromatic rings. The fraction of sp³-hybridized carbons (Fsp3) is 0.632. The minimum atomic E-state index is 0.0658. The van der Waals surface area contributed by atoms with Crippen LogP contribution in [0.1, 0.15) is 30.4 Å². The third kappa shape index (κ3) is 6.99. The number of hydrogen-bond acceptors (Lipinski definition) is 4. The van der Waals surface area contributed by atoms with Crippen LogP contribution < -0.4 is 5.32 Å². The predicted octanol–water partition coefficient (Wildman–Crippen LogP) is 1.87. The Morgan fingerprint density at radius 2 is 1.88 bits per heavy atom. The Morgan fingerprint density at radius 3 is 2.54 bits per heavy atom. The first-order valence-corrected chi connectivity index (χ1v) is 8.91. The second kappa shape index (κ2) is 10.4. The van der Waals surface area contributed by atoms with Crippen molar-refractivity contribution in [3.8, 4) is 0 Å². The van der Waals surface area contributed by atoms with E-state index in [2.05, 4.69) is 34.5 Å². The second-order valence-corrected chi connectivity index (χ2v) is 6.66. The Kier molecular flexibility index (Phi) is 8.22. The quantitative estimate of drug-likeness (QED) is 0.664. The van der Waals surface area contributed by atoms with Crippen LogP contribution >= 0.6 is 0 Å². The topological polar surface area (TPSA) is 44.8 Å². The van der Waals surface area contributed by atoms with E-state index < -0.39 is 0 Å². The summed E-state index contributed by atoms with van der Waals surface area (Å²) in [6.45, 7) is 6.10. The minimum Gasteiger partial charge on any atom is -0.385 e. The number of amides is 1. The molecular formula is C19H31N3O2. The van der Waals surface area contributed by atoms with E-state index in [9.17, 15) is 4.79 Å². The van der Waals surface area contributed by atoms with E-state index in [0.29, 0.717) is 13.1 Å².